The Hall–Kier alpha value is -7.69. The predicted octanol–water partition coefficient (Wildman–Crippen LogP) is 14.1. The molecular weight excluding hydrogens is 695 g/mol. The third-order valence-corrected chi connectivity index (χ3v) is 10.9. The summed E-state index contributed by atoms with van der Waals surface area (Å²) in [5.74, 6) is 0.706. The fraction of sp³-hybridized carbons (Fsp3) is 0. The van der Waals surface area contributed by atoms with Crippen LogP contribution < -0.4 is 0 Å². The molecule has 0 amide bonds. The van der Waals surface area contributed by atoms with Gasteiger partial charge < -0.3 is 4.42 Å². The number of furan rings is 1. The summed E-state index contributed by atoms with van der Waals surface area (Å²) in [5.41, 5.74) is 14.1. The summed E-state index contributed by atoms with van der Waals surface area (Å²) >= 11 is 0. The van der Waals surface area contributed by atoms with Crippen LogP contribution in [0, 0.1) is 0 Å². The zero-order chi connectivity index (χ0) is 37.7. The number of rotatable bonds is 6. The Morgan fingerprint density at radius 3 is 1.60 bits per heavy atom. The highest BCUT2D eigenvalue weighted by Crippen LogP contribution is 2.42. The van der Waals surface area contributed by atoms with Gasteiger partial charge in [0.25, 0.3) is 0 Å². The summed E-state index contributed by atoms with van der Waals surface area (Å²) in [6.45, 7) is 0. The number of para-hydroxylation sites is 1. The molecule has 4 nitrogen and oxygen atoms in total. The minimum Gasteiger partial charge on any atom is -0.456 e. The van der Waals surface area contributed by atoms with Crippen LogP contribution in [-0.2, 0) is 0 Å². The molecule has 3 heterocycles. The highest BCUT2D eigenvalue weighted by Gasteiger charge is 2.19. The fourth-order valence-electron chi connectivity index (χ4n) is 8.08. The minimum absolute atomic E-state index is 0.706. The lowest BCUT2D eigenvalue weighted by Crippen LogP contribution is -1.96. The first-order valence-corrected chi connectivity index (χ1v) is 19.2. The van der Waals surface area contributed by atoms with Crippen molar-refractivity contribution in [3.8, 4) is 67.4 Å². The van der Waals surface area contributed by atoms with E-state index in [0.717, 1.165) is 99.8 Å². The van der Waals surface area contributed by atoms with Crippen LogP contribution in [0.1, 0.15) is 0 Å². The summed E-state index contributed by atoms with van der Waals surface area (Å²) in [6, 6.07) is 69.7. The van der Waals surface area contributed by atoms with Gasteiger partial charge in [-0.25, -0.2) is 15.0 Å². The lowest BCUT2D eigenvalue weighted by Gasteiger charge is -2.11. The van der Waals surface area contributed by atoms with E-state index < -0.39 is 0 Å². The Labute approximate surface area is 329 Å². The van der Waals surface area contributed by atoms with Crippen molar-refractivity contribution >= 4 is 43.6 Å². The van der Waals surface area contributed by atoms with Gasteiger partial charge in [-0.1, -0.05) is 158 Å². The molecule has 0 radical (unpaired) electrons. The van der Waals surface area contributed by atoms with Crippen LogP contribution in [0.15, 0.2) is 205 Å². The predicted molar refractivity (Wildman–Crippen MR) is 235 cm³/mol. The van der Waals surface area contributed by atoms with E-state index in [-0.39, 0.29) is 0 Å². The van der Waals surface area contributed by atoms with Crippen molar-refractivity contribution in [1.82, 2.24) is 15.0 Å². The maximum Gasteiger partial charge on any atom is 0.160 e. The second kappa shape index (κ2) is 13.6. The molecule has 0 N–H and O–H groups in total. The molecule has 0 unspecified atom stereocenters. The van der Waals surface area contributed by atoms with Gasteiger partial charge >= 0.3 is 0 Å². The third-order valence-electron chi connectivity index (χ3n) is 10.9. The second-order valence-electron chi connectivity index (χ2n) is 14.4. The van der Waals surface area contributed by atoms with Crippen molar-refractivity contribution in [3.05, 3.63) is 200 Å². The molecule has 11 aromatic rings. The SMILES string of the molecule is c1ccc(-c2cc(-c3cccc(-c4ccc(-c5ccc6oc7ccc8c9ccccc9nc(-c9ccccc9)c8c7c6c5)cc4)c3)nc(-c3ccccc3)n2)cc1. The molecule has 0 saturated heterocycles. The number of benzene rings is 8. The lowest BCUT2D eigenvalue weighted by molar-refractivity contribution is 0.669. The maximum absolute atomic E-state index is 6.51. The van der Waals surface area contributed by atoms with Crippen LogP contribution in [0.25, 0.3) is 111 Å². The molecule has 0 aliphatic carbocycles. The summed E-state index contributed by atoms with van der Waals surface area (Å²) < 4.78 is 6.51. The number of nitrogens with zero attached hydrogens (tertiary/aromatic N) is 3. The Morgan fingerprint density at radius 2 is 0.860 bits per heavy atom. The molecule has 0 bridgehead atoms. The van der Waals surface area contributed by atoms with Crippen molar-refractivity contribution in [1.29, 1.82) is 0 Å². The van der Waals surface area contributed by atoms with E-state index in [9.17, 15) is 0 Å². The Morgan fingerprint density at radius 1 is 0.298 bits per heavy atom. The summed E-state index contributed by atoms with van der Waals surface area (Å²) in [7, 11) is 0. The van der Waals surface area contributed by atoms with Crippen LogP contribution in [0.2, 0.25) is 0 Å². The number of hydrogen-bond acceptors (Lipinski definition) is 4. The van der Waals surface area contributed by atoms with Gasteiger partial charge in [0.2, 0.25) is 0 Å². The quantitative estimate of drug-likeness (QED) is 0.160. The molecule has 4 heteroatoms. The molecule has 3 aromatic heterocycles. The number of fused-ring (bicyclic) bond motifs is 7. The monoisotopic (exact) mass is 727 g/mol. The fourth-order valence-corrected chi connectivity index (χ4v) is 8.08. The average Bonchev–Trinajstić information content (AvgIpc) is 3.68. The van der Waals surface area contributed by atoms with Gasteiger partial charge in [-0.05, 0) is 70.1 Å². The van der Waals surface area contributed by atoms with Gasteiger partial charge in [0.1, 0.15) is 11.2 Å². The zero-order valence-corrected chi connectivity index (χ0v) is 30.8. The highest BCUT2D eigenvalue weighted by molar-refractivity contribution is 6.27. The second-order valence-corrected chi connectivity index (χ2v) is 14.4. The van der Waals surface area contributed by atoms with Crippen molar-refractivity contribution in [3.63, 3.8) is 0 Å². The molecule has 266 valence electrons. The molecule has 0 aliphatic heterocycles. The standard InChI is InChI=1S/C53H33N3O/c1-4-13-36(14-5-1)46-33-47(56-53(55-46)38-17-8-3-9-18-38)41-20-12-19-39(31-41)34-23-25-35(26-24-34)40-27-29-48-44(32-40)50-49(57-48)30-28-43-42-21-10-11-22-45(42)54-52(51(43)50)37-15-6-2-7-16-37/h1-33H. The molecule has 11 rings (SSSR count). The first-order valence-electron chi connectivity index (χ1n) is 19.2. The van der Waals surface area contributed by atoms with E-state index in [2.05, 4.69) is 158 Å². The van der Waals surface area contributed by atoms with Crippen molar-refractivity contribution in [2.24, 2.45) is 0 Å². The van der Waals surface area contributed by atoms with Crippen LogP contribution in [0.5, 0.6) is 0 Å². The molecule has 0 aliphatic rings. The van der Waals surface area contributed by atoms with Gasteiger partial charge in [0.05, 0.1) is 22.6 Å². The van der Waals surface area contributed by atoms with Crippen molar-refractivity contribution in [2.75, 3.05) is 0 Å². The lowest BCUT2D eigenvalue weighted by atomic mass is 9.94. The topological polar surface area (TPSA) is 51.8 Å². The summed E-state index contributed by atoms with van der Waals surface area (Å²) in [6.07, 6.45) is 0. The smallest absolute Gasteiger partial charge is 0.160 e. The highest BCUT2D eigenvalue weighted by atomic mass is 16.3. The number of pyridine rings is 1. The third kappa shape index (κ3) is 5.83. The van der Waals surface area contributed by atoms with Crippen LogP contribution in [0.4, 0.5) is 0 Å². The van der Waals surface area contributed by atoms with E-state index in [4.69, 9.17) is 19.4 Å². The molecule has 0 fully saturated rings. The Bertz CT molecular complexity index is 3210. The first-order chi connectivity index (χ1) is 28.2. The molecular formula is C53H33N3O. The van der Waals surface area contributed by atoms with Gasteiger partial charge in [-0.3, -0.25) is 0 Å². The van der Waals surface area contributed by atoms with Gasteiger partial charge in [-0.2, -0.15) is 0 Å². The molecule has 0 atom stereocenters. The van der Waals surface area contributed by atoms with Crippen molar-refractivity contribution < 1.29 is 4.42 Å². The summed E-state index contributed by atoms with van der Waals surface area (Å²) in [5, 5.41) is 5.58. The van der Waals surface area contributed by atoms with E-state index in [1.54, 1.807) is 0 Å². The van der Waals surface area contributed by atoms with E-state index in [1.165, 1.54) is 5.39 Å². The first kappa shape index (κ1) is 32.7. The number of aromatic nitrogens is 3. The zero-order valence-electron chi connectivity index (χ0n) is 30.8. The molecule has 57 heavy (non-hydrogen) atoms. The van der Waals surface area contributed by atoms with E-state index in [1.807, 2.05) is 42.5 Å². The Balaban J connectivity index is 0.991. The molecule has 0 spiro atoms. The van der Waals surface area contributed by atoms with Gasteiger partial charge in [-0.15, -0.1) is 0 Å². The minimum atomic E-state index is 0.706. The number of hydrogen-bond donors (Lipinski definition) is 0. The van der Waals surface area contributed by atoms with Crippen LogP contribution >= 0.6 is 0 Å². The van der Waals surface area contributed by atoms with E-state index >= 15 is 0 Å². The molecule has 8 aromatic carbocycles. The van der Waals surface area contributed by atoms with Crippen molar-refractivity contribution in [2.45, 2.75) is 0 Å². The van der Waals surface area contributed by atoms with E-state index in [0.29, 0.717) is 5.82 Å². The summed E-state index contributed by atoms with van der Waals surface area (Å²) in [4.78, 5) is 15.3. The van der Waals surface area contributed by atoms with Crippen LogP contribution in [0.3, 0.4) is 0 Å². The van der Waals surface area contributed by atoms with Gasteiger partial charge in [0.15, 0.2) is 5.82 Å². The van der Waals surface area contributed by atoms with Crippen LogP contribution in [-0.4, -0.2) is 15.0 Å². The normalized spacial score (nSPS) is 11.5. The average molecular weight is 728 g/mol. The largest absolute Gasteiger partial charge is 0.456 e. The Kier molecular flexibility index (Phi) is 7.78. The maximum atomic E-state index is 6.51. The molecule has 0 saturated carbocycles. The van der Waals surface area contributed by atoms with Gasteiger partial charge in [0, 0.05) is 43.8 Å².